The Morgan fingerprint density at radius 1 is 1.38 bits per heavy atom. The van der Waals surface area contributed by atoms with E-state index in [0.29, 0.717) is 30.3 Å². The molecule has 0 saturated heterocycles. The molecule has 1 aromatic carbocycles. The van der Waals surface area contributed by atoms with Gasteiger partial charge in [0, 0.05) is 20.2 Å². The Kier molecular flexibility index (Phi) is 6.46. The molecule has 5 nitrogen and oxygen atoms in total. The van der Waals surface area contributed by atoms with Gasteiger partial charge < -0.3 is 10.5 Å². The fraction of sp³-hybridized carbons (Fsp3) is 0.571. The maximum Gasteiger partial charge on any atom is 0.243 e. The van der Waals surface area contributed by atoms with Gasteiger partial charge in [-0.05, 0) is 30.5 Å². The summed E-state index contributed by atoms with van der Waals surface area (Å²) in [5, 5.41) is 0.390. The van der Waals surface area contributed by atoms with Crippen LogP contribution in [0.4, 0.5) is 5.69 Å². The monoisotopic (exact) mass is 334 g/mol. The van der Waals surface area contributed by atoms with Gasteiger partial charge in [0.1, 0.15) is 0 Å². The van der Waals surface area contributed by atoms with E-state index in [4.69, 9.17) is 22.1 Å². The molecule has 0 aliphatic heterocycles. The number of benzene rings is 1. The van der Waals surface area contributed by atoms with Gasteiger partial charge in [0.25, 0.3) is 0 Å². The van der Waals surface area contributed by atoms with Crippen LogP contribution < -0.4 is 5.73 Å². The lowest BCUT2D eigenvalue weighted by atomic mass is 10.2. The number of anilines is 1. The van der Waals surface area contributed by atoms with Gasteiger partial charge in [0.05, 0.1) is 22.2 Å². The first-order chi connectivity index (χ1) is 9.70. The minimum absolute atomic E-state index is 0.165. The largest absolute Gasteiger partial charge is 0.397 e. The zero-order valence-corrected chi connectivity index (χ0v) is 14.5. The van der Waals surface area contributed by atoms with Crippen molar-refractivity contribution in [3.8, 4) is 0 Å². The summed E-state index contributed by atoms with van der Waals surface area (Å²) in [5.41, 5.74) is 6.69. The molecular formula is C14H23ClN2O3S. The van der Waals surface area contributed by atoms with Crippen LogP contribution in [0.2, 0.25) is 5.02 Å². The Morgan fingerprint density at radius 3 is 2.48 bits per heavy atom. The summed E-state index contributed by atoms with van der Waals surface area (Å²) >= 11 is 5.99. The van der Waals surface area contributed by atoms with Gasteiger partial charge in [-0.15, -0.1) is 0 Å². The van der Waals surface area contributed by atoms with E-state index in [1.807, 2.05) is 13.8 Å². The van der Waals surface area contributed by atoms with Crippen LogP contribution in [-0.4, -0.2) is 39.5 Å². The van der Waals surface area contributed by atoms with Gasteiger partial charge in [0.15, 0.2) is 0 Å². The number of nitrogens with zero attached hydrogens (tertiary/aromatic N) is 1. The van der Waals surface area contributed by atoms with E-state index in [-0.39, 0.29) is 16.5 Å². The normalized spacial score (nSPS) is 12.3. The molecule has 0 aromatic heterocycles. The average molecular weight is 335 g/mol. The van der Waals surface area contributed by atoms with E-state index in [2.05, 4.69) is 0 Å². The molecular weight excluding hydrogens is 312 g/mol. The van der Waals surface area contributed by atoms with E-state index in [1.165, 1.54) is 10.4 Å². The third kappa shape index (κ3) is 4.57. The number of hydrogen-bond donors (Lipinski definition) is 1. The van der Waals surface area contributed by atoms with Crippen molar-refractivity contribution in [1.29, 1.82) is 0 Å². The highest BCUT2D eigenvalue weighted by molar-refractivity contribution is 7.89. The molecule has 0 aliphatic carbocycles. The molecule has 0 saturated carbocycles. The zero-order chi connectivity index (χ0) is 16.2. The number of halogens is 1. The molecule has 0 spiro atoms. The van der Waals surface area contributed by atoms with Crippen LogP contribution in [0.3, 0.4) is 0 Å². The summed E-state index contributed by atoms with van der Waals surface area (Å²) in [4.78, 5) is 0.165. The Hall–Kier alpha value is -0.820. The predicted molar refractivity (Wildman–Crippen MR) is 86.1 cm³/mol. The fourth-order valence-electron chi connectivity index (χ4n) is 1.97. The topological polar surface area (TPSA) is 72.6 Å². The zero-order valence-electron chi connectivity index (χ0n) is 12.9. The number of nitrogens with two attached hydrogens (primary N) is 1. The SMILES string of the molecule is COCCN(CC(C)C)S(=O)(=O)c1cc(C)c(Cl)c(N)c1. The van der Waals surface area contributed by atoms with E-state index in [1.54, 1.807) is 20.1 Å². The van der Waals surface area contributed by atoms with Crippen molar-refractivity contribution in [2.24, 2.45) is 5.92 Å². The van der Waals surface area contributed by atoms with Crippen LogP contribution in [0.5, 0.6) is 0 Å². The fourth-order valence-corrected chi connectivity index (χ4v) is 3.79. The van der Waals surface area contributed by atoms with E-state index < -0.39 is 10.0 Å². The van der Waals surface area contributed by atoms with E-state index >= 15 is 0 Å². The second kappa shape index (κ2) is 7.45. The van der Waals surface area contributed by atoms with Gasteiger partial charge >= 0.3 is 0 Å². The molecule has 21 heavy (non-hydrogen) atoms. The first-order valence-corrected chi connectivity index (χ1v) is 8.56. The van der Waals surface area contributed by atoms with Gasteiger partial charge in [0.2, 0.25) is 10.0 Å². The molecule has 120 valence electrons. The van der Waals surface area contributed by atoms with Crippen LogP contribution in [0.25, 0.3) is 0 Å². The Bertz CT molecular complexity index is 565. The summed E-state index contributed by atoms with van der Waals surface area (Å²) in [6, 6.07) is 2.96. The first-order valence-electron chi connectivity index (χ1n) is 6.74. The molecule has 2 N–H and O–H groups in total. The van der Waals surface area contributed by atoms with Crippen LogP contribution in [0.1, 0.15) is 19.4 Å². The summed E-state index contributed by atoms with van der Waals surface area (Å²) < 4.78 is 31.9. The molecule has 0 atom stereocenters. The Morgan fingerprint density at radius 2 is 2.00 bits per heavy atom. The number of methoxy groups -OCH3 is 1. The lowest BCUT2D eigenvalue weighted by Crippen LogP contribution is -2.36. The summed E-state index contributed by atoms with van der Waals surface area (Å²) in [7, 11) is -2.07. The summed E-state index contributed by atoms with van der Waals surface area (Å²) in [6.07, 6.45) is 0. The molecule has 0 radical (unpaired) electrons. The van der Waals surface area contributed by atoms with Crippen molar-refractivity contribution in [3.63, 3.8) is 0 Å². The minimum atomic E-state index is -3.62. The molecule has 0 aliphatic rings. The average Bonchev–Trinajstić information content (AvgIpc) is 2.39. The molecule has 0 heterocycles. The van der Waals surface area contributed by atoms with Crippen molar-refractivity contribution in [2.75, 3.05) is 32.5 Å². The predicted octanol–water partition coefficient (Wildman–Crippen LogP) is 2.52. The van der Waals surface area contributed by atoms with E-state index in [9.17, 15) is 8.42 Å². The summed E-state index contributed by atoms with van der Waals surface area (Å²) in [6.45, 7) is 6.74. The van der Waals surface area contributed by atoms with Gasteiger partial charge in [-0.25, -0.2) is 8.42 Å². The van der Waals surface area contributed by atoms with Gasteiger partial charge in [-0.1, -0.05) is 25.4 Å². The quantitative estimate of drug-likeness (QED) is 0.778. The second-order valence-electron chi connectivity index (χ2n) is 5.39. The Labute approximate surface area is 132 Å². The minimum Gasteiger partial charge on any atom is -0.397 e. The number of aryl methyl sites for hydroxylation is 1. The van der Waals surface area contributed by atoms with Gasteiger partial charge in [-0.3, -0.25) is 0 Å². The highest BCUT2D eigenvalue weighted by Crippen LogP contribution is 2.28. The van der Waals surface area contributed by atoms with Crippen molar-refractivity contribution >= 4 is 27.3 Å². The first kappa shape index (κ1) is 18.2. The Balaban J connectivity index is 3.21. The van der Waals surface area contributed by atoms with E-state index in [0.717, 1.165) is 0 Å². The van der Waals surface area contributed by atoms with Gasteiger partial charge in [-0.2, -0.15) is 4.31 Å². The molecule has 1 rings (SSSR count). The lowest BCUT2D eigenvalue weighted by molar-refractivity contribution is 0.175. The molecule has 0 unspecified atom stereocenters. The summed E-state index contributed by atoms with van der Waals surface area (Å²) in [5.74, 6) is 0.211. The van der Waals surface area contributed by atoms with Crippen molar-refractivity contribution in [3.05, 3.63) is 22.7 Å². The number of rotatable bonds is 7. The highest BCUT2D eigenvalue weighted by Gasteiger charge is 2.26. The van der Waals surface area contributed by atoms with Crippen LogP contribution in [-0.2, 0) is 14.8 Å². The molecule has 0 bridgehead atoms. The lowest BCUT2D eigenvalue weighted by Gasteiger charge is -2.24. The van der Waals surface area contributed by atoms with Crippen molar-refractivity contribution < 1.29 is 13.2 Å². The van der Waals surface area contributed by atoms with Crippen LogP contribution >= 0.6 is 11.6 Å². The number of hydrogen-bond acceptors (Lipinski definition) is 4. The van der Waals surface area contributed by atoms with Crippen LogP contribution in [0, 0.1) is 12.8 Å². The van der Waals surface area contributed by atoms with Crippen molar-refractivity contribution in [2.45, 2.75) is 25.7 Å². The second-order valence-corrected chi connectivity index (χ2v) is 7.71. The third-order valence-corrected chi connectivity index (χ3v) is 5.37. The molecule has 1 aromatic rings. The smallest absolute Gasteiger partial charge is 0.243 e. The van der Waals surface area contributed by atoms with Crippen molar-refractivity contribution in [1.82, 2.24) is 4.31 Å². The molecule has 0 amide bonds. The third-order valence-electron chi connectivity index (χ3n) is 3.01. The maximum atomic E-state index is 12.8. The standard InChI is InChI=1S/C14H23ClN2O3S/c1-10(2)9-17(5-6-20-4)21(18,19)12-7-11(3)14(15)13(16)8-12/h7-8,10H,5-6,9,16H2,1-4H3. The highest BCUT2D eigenvalue weighted by atomic mass is 35.5. The maximum absolute atomic E-state index is 12.8. The molecule has 7 heteroatoms. The van der Waals surface area contributed by atoms with Crippen LogP contribution in [0.15, 0.2) is 17.0 Å². The number of ether oxygens (including phenoxy) is 1. The molecule has 0 fully saturated rings. The number of nitrogen functional groups attached to an aromatic ring is 1. The number of sulfonamides is 1.